The van der Waals surface area contributed by atoms with Crippen molar-refractivity contribution in [3.05, 3.63) is 23.8 Å². The Kier molecular flexibility index (Phi) is 3.43. The van der Waals surface area contributed by atoms with E-state index in [0.29, 0.717) is 23.6 Å². The van der Waals surface area contributed by atoms with Crippen molar-refractivity contribution < 1.29 is 19.8 Å². The highest BCUT2D eigenvalue weighted by Crippen LogP contribution is 2.30. The van der Waals surface area contributed by atoms with Gasteiger partial charge in [-0.15, -0.1) is 0 Å². The van der Waals surface area contributed by atoms with Crippen LogP contribution >= 0.6 is 0 Å². The highest BCUT2D eigenvalue weighted by Gasteiger charge is 2.22. The van der Waals surface area contributed by atoms with E-state index in [4.69, 9.17) is 14.7 Å². The monoisotopic (exact) mass is 251 g/mol. The van der Waals surface area contributed by atoms with E-state index in [1.165, 1.54) is 0 Å². The SMILES string of the molecule is CCC(C)(O)COc1ccc2c(c1)OC/C2=N\O. The molecule has 1 atom stereocenters. The first-order chi connectivity index (χ1) is 8.55. The molecule has 0 saturated heterocycles. The molecule has 98 valence electrons. The number of ether oxygens (including phenoxy) is 2. The molecule has 1 unspecified atom stereocenters. The Morgan fingerprint density at radius 1 is 1.50 bits per heavy atom. The van der Waals surface area contributed by atoms with Crippen LogP contribution < -0.4 is 9.47 Å². The minimum absolute atomic E-state index is 0.225. The van der Waals surface area contributed by atoms with E-state index >= 15 is 0 Å². The van der Waals surface area contributed by atoms with Crippen molar-refractivity contribution >= 4 is 5.71 Å². The van der Waals surface area contributed by atoms with Gasteiger partial charge in [0.1, 0.15) is 30.4 Å². The molecule has 18 heavy (non-hydrogen) atoms. The first-order valence-corrected chi connectivity index (χ1v) is 5.89. The number of fused-ring (bicyclic) bond motifs is 1. The standard InChI is InChI=1S/C13H17NO4/c1-3-13(2,15)8-18-9-4-5-10-11(14-16)7-17-12(10)6-9/h4-6,15-16H,3,7-8H2,1-2H3/b14-11+. The van der Waals surface area contributed by atoms with Gasteiger partial charge in [0.2, 0.25) is 0 Å². The van der Waals surface area contributed by atoms with Crippen LogP contribution in [0.25, 0.3) is 0 Å². The second-order valence-electron chi connectivity index (χ2n) is 4.63. The van der Waals surface area contributed by atoms with Crippen LogP contribution in [0.5, 0.6) is 11.5 Å². The number of rotatable bonds is 4. The Hall–Kier alpha value is -1.75. The molecule has 5 nitrogen and oxygen atoms in total. The van der Waals surface area contributed by atoms with Crippen LogP contribution in [0.15, 0.2) is 23.4 Å². The lowest BCUT2D eigenvalue weighted by Crippen LogP contribution is -2.31. The minimum Gasteiger partial charge on any atom is -0.490 e. The summed E-state index contributed by atoms with van der Waals surface area (Å²) in [6, 6.07) is 5.29. The molecular formula is C13H17NO4. The van der Waals surface area contributed by atoms with Gasteiger partial charge in [0, 0.05) is 11.6 Å². The maximum atomic E-state index is 9.85. The third-order valence-electron chi connectivity index (χ3n) is 3.06. The molecule has 0 bridgehead atoms. The normalized spacial score (nSPS) is 19.2. The maximum Gasteiger partial charge on any atom is 0.134 e. The van der Waals surface area contributed by atoms with Gasteiger partial charge in [-0.05, 0) is 25.5 Å². The molecule has 5 heteroatoms. The Bertz CT molecular complexity index is 468. The summed E-state index contributed by atoms with van der Waals surface area (Å²) < 4.78 is 10.9. The van der Waals surface area contributed by atoms with E-state index in [1.54, 1.807) is 25.1 Å². The topological polar surface area (TPSA) is 71.3 Å². The van der Waals surface area contributed by atoms with E-state index in [-0.39, 0.29) is 13.2 Å². The lowest BCUT2D eigenvalue weighted by Gasteiger charge is -2.21. The molecule has 2 N–H and O–H groups in total. The first kappa shape index (κ1) is 12.7. The van der Waals surface area contributed by atoms with Crippen molar-refractivity contribution in [1.82, 2.24) is 0 Å². The molecule has 1 aliphatic heterocycles. The second-order valence-corrected chi connectivity index (χ2v) is 4.63. The van der Waals surface area contributed by atoms with Crippen molar-refractivity contribution in [3.63, 3.8) is 0 Å². The molecule has 0 radical (unpaired) electrons. The van der Waals surface area contributed by atoms with Gasteiger partial charge in [0.15, 0.2) is 0 Å². The molecule has 2 rings (SSSR count). The van der Waals surface area contributed by atoms with Gasteiger partial charge in [-0.1, -0.05) is 12.1 Å². The predicted molar refractivity (Wildman–Crippen MR) is 66.7 cm³/mol. The molecular weight excluding hydrogens is 234 g/mol. The molecule has 0 aliphatic carbocycles. The zero-order chi connectivity index (χ0) is 13.2. The smallest absolute Gasteiger partial charge is 0.134 e. The number of nitrogens with zero attached hydrogens (tertiary/aromatic N) is 1. The number of hydrogen-bond donors (Lipinski definition) is 2. The molecule has 1 aromatic rings. The molecule has 1 aliphatic rings. The Balaban J connectivity index is 2.09. The maximum absolute atomic E-state index is 9.85. The van der Waals surface area contributed by atoms with Crippen LogP contribution in [-0.4, -0.2) is 34.8 Å². The number of hydrogen-bond acceptors (Lipinski definition) is 5. The summed E-state index contributed by atoms with van der Waals surface area (Å²) in [5.41, 5.74) is 0.446. The zero-order valence-corrected chi connectivity index (χ0v) is 10.5. The quantitative estimate of drug-likeness (QED) is 0.632. The van der Waals surface area contributed by atoms with Gasteiger partial charge in [0.05, 0.1) is 5.60 Å². The van der Waals surface area contributed by atoms with E-state index < -0.39 is 5.60 Å². The second kappa shape index (κ2) is 4.86. The van der Waals surface area contributed by atoms with Gasteiger partial charge >= 0.3 is 0 Å². The third kappa shape index (κ3) is 2.56. The van der Waals surface area contributed by atoms with Gasteiger partial charge in [-0.3, -0.25) is 0 Å². The van der Waals surface area contributed by atoms with E-state index in [1.807, 2.05) is 6.92 Å². The summed E-state index contributed by atoms with van der Waals surface area (Å²) in [6.45, 7) is 4.12. The van der Waals surface area contributed by atoms with Crippen molar-refractivity contribution in [3.8, 4) is 11.5 Å². The van der Waals surface area contributed by atoms with Crippen molar-refractivity contribution in [1.29, 1.82) is 0 Å². The van der Waals surface area contributed by atoms with Crippen LogP contribution in [0.1, 0.15) is 25.8 Å². The first-order valence-electron chi connectivity index (χ1n) is 5.89. The average molecular weight is 251 g/mol. The molecule has 0 aromatic heterocycles. The lowest BCUT2D eigenvalue weighted by molar-refractivity contribution is 0.00841. The summed E-state index contributed by atoms with van der Waals surface area (Å²) in [5.74, 6) is 1.26. The van der Waals surface area contributed by atoms with Crippen LogP contribution in [0, 0.1) is 0 Å². The number of benzene rings is 1. The average Bonchev–Trinajstić information content (AvgIpc) is 2.78. The molecule has 0 fully saturated rings. The van der Waals surface area contributed by atoms with E-state index in [0.717, 1.165) is 5.56 Å². The molecule has 1 aromatic carbocycles. The van der Waals surface area contributed by atoms with Crippen molar-refractivity contribution in [2.45, 2.75) is 25.9 Å². The molecule has 1 heterocycles. The van der Waals surface area contributed by atoms with Crippen LogP contribution in [0.4, 0.5) is 0 Å². The minimum atomic E-state index is -0.836. The summed E-state index contributed by atoms with van der Waals surface area (Å²) in [6.07, 6.45) is 0.621. The summed E-state index contributed by atoms with van der Waals surface area (Å²) >= 11 is 0. The van der Waals surface area contributed by atoms with Crippen molar-refractivity contribution in [2.24, 2.45) is 5.16 Å². The number of oxime groups is 1. The van der Waals surface area contributed by atoms with Gasteiger partial charge in [-0.2, -0.15) is 0 Å². The molecule has 0 spiro atoms. The Morgan fingerprint density at radius 3 is 2.94 bits per heavy atom. The van der Waals surface area contributed by atoms with E-state index in [9.17, 15) is 5.11 Å². The van der Waals surface area contributed by atoms with E-state index in [2.05, 4.69) is 5.16 Å². The van der Waals surface area contributed by atoms with Gasteiger partial charge in [-0.25, -0.2) is 0 Å². The largest absolute Gasteiger partial charge is 0.490 e. The van der Waals surface area contributed by atoms with Crippen LogP contribution in [0.2, 0.25) is 0 Å². The summed E-state index contributed by atoms with van der Waals surface area (Å²) in [7, 11) is 0. The van der Waals surface area contributed by atoms with Gasteiger partial charge < -0.3 is 19.8 Å². The summed E-state index contributed by atoms with van der Waals surface area (Å²) in [5, 5.41) is 21.8. The predicted octanol–water partition coefficient (Wildman–Crippen LogP) is 1.80. The fourth-order valence-corrected chi connectivity index (χ4v) is 1.60. The molecule has 0 saturated carbocycles. The Morgan fingerprint density at radius 2 is 2.28 bits per heavy atom. The lowest BCUT2D eigenvalue weighted by atomic mass is 10.1. The zero-order valence-electron chi connectivity index (χ0n) is 10.5. The highest BCUT2D eigenvalue weighted by atomic mass is 16.5. The Labute approximate surface area is 106 Å². The van der Waals surface area contributed by atoms with Crippen LogP contribution in [0.3, 0.4) is 0 Å². The molecule has 0 amide bonds. The summed E-state index contributed by atoms with van der Waals surface area (Å²) in [4.78, 5) is 0. The third-order valence-corrected chi connectivity index (χ3v) is 3.06. The van der Waals surface area contributed by atoms with Crippen molar-refractivity contribution in [2.75, 3.05) is 13.2 Å². The fraction of sp³-hybridized carbons (Fsp3) is 0.462. The highest BCUT2D eigenvalue weighted by molar-refractivity contribution is 6.05. The van der Waals surface area contributed by atoms with Crippen LogP contribution in [-0.2, 0) is 0 Å². The van der Waals surface area contributed by atoms with Gasteiger partial charge in [0.25, 0.3) is 0 Å². The fourth-order valence-electron chi connectivity index (χ4n) is 1.60. The number of aliphatic hydroxyl groups is 1.